The minimum absolute atomic E-state index is 0.0898. The molecule has 1 aliphatic heterocycles. The van der Waals surface area contributed by atoms with E-state index in [0.717, 1.165) is 17.4 Å². The van der Waals surface area contributed by atoms with E-state index in [9.17, 15) is 18.0 Å². The lowest BCUT2D eigenvalue weighted by Gasteiger charge is -2.29. The quantitative estimate of drug-likeness (QED) is 0.563. The highest BCUT2D eigenvalue weighted by atomic mass is 35.5. The van der Waals surface area contributed by atoms with Gasteiger partial charge in [0.25, 0.3) is 0 Å². The molecule has 158 valence electrons. The predicted molar refractivity (Wildman–Crippen MR) is 104 cm³/mol. The Morgan fingerprint density at radius 2 is 2.00 bits per heavy atom. The van der Waals surface area contributed by atoms with Gasteiger partial charge < -0.3 is 14.2 Å². The SMILES string of the molecule is CCOc1ccc2nc(NC(=O)N[C@@]3(C(F)(F)F)Oc4ccc(Cl)cc4O3)sc2c1. The molecule has 1 atom stereocenters. The number of aromatic nitrogens is 1. The number of hydrogen-bond acceptors (Lipinski definition) is 6. The van der Waals surface area contributed by atoms with Crippen LogP contribution in [0.4, 0.5) is 23.1 Å². The topological polar surface area (TPSA) is 81.7 Å². The Bertz CT molecular complexity index is 1120. The molecule has 3 aromatic rings. The van der Waals surface area contributed by atoms with E-state index in [0.29, 0.717) is 22.6 Å². The van der Waals surface area contributed by atoms with Gasteiger partial charge in [-0.1, -0.05) is 22.9 Å². The molecule has 0 bridgehead atoms. The molecule has 1 aliphatic rings. The second kappa shape index (κ2) is 7.40. The summed E-state index contributed by atoms with van der Waals surface area (Å²) < 4.78 is 57.0. The van der Waals surface area contributed by atoms with Crippen molar-refractivity contribution in [1.29, 1.82) is 0 Å². The van der Waals surface area contributed by atoms with Gasteiger partial charge in [0.15, 0.2) is 16.6 Å². The second-order valence-corrected chi connectivity index (χ2v) is 7.54. The monoisotopic (exact) mass is 459 g/mol. The van der Waals surface area contributed by atoms with Crippen LogP contribution in [0.15, 0.2) is 36.4 Å². The van der Waals surface area contributed by atoms with Gasteiger partial charge in [-0.2, -0.15) is 13.2 Å². The van der Waals surface area contributed by atoms with Crippen LogP contribution in [0.5, 0.6) is 17.2 Å². The van der Waals surface area contributed by atoms with Crippen LogP contribution in [0.3, 0.4) is 0 Å². The molecule has 2 heterocycles. The average Bonchev–Trinajstić information content (AvgIpc) is 3.21. The van der Waals surface area contributed by atoms with Gasteiger partial charge in [0, 0.05) is 11.1 Å². The number of carbonyl (C=O) groups is 1. The number of ether oxygens (including phenoxy) is 3. The third-order valence-corrected chi connectivity index (χ3v) is 5.12. The predicted octanol–water partition coefficient (Wildman–Crippen LogP) is 5.16. The Hall–Kier alpha value is -2.92. The maximum Gasteiger partial charge on any atom is 0.492 e. The number of thiazole rings is 1. The van der Waals surface area contributed by atoms with E-state index in [1.807, 2.05) is 6.92 Å². The Kier molecular flexibility index (Phi) is 5.02. The summed E-state index contributed by atoms with van der Waals surface area (Å²) in [6.45, 7) is 2.31. The number of fused-ring (bicyclic) bond motifs is 2. The number of rotatable bonds is 4. The van der Waals surface area contributed by atoms with Crippen LogP contribution >= 0.6 is 22.9 Å². The third kappa shape index (κ3) is 3.77. The van der Waals surface area contributed by atoms with Crippen LogP contribution in [0, 0.1) is 0 Å². The number of amides is 2. The Balaban J connectivity index is 1.54. The molecule has 30 heavy (non-hydrogen) atoms. The molecule has 2 amide bonds. The first-order valence-corrected chi connectivity index (χ1v) is 9.75. The largest absolute Gasteiger partial charge is 0.494 e. The van der Waals surface area contributed by atoms with Crippen LogP contribution in [0.25, 0.3) is 10.2 Å². The van der Waals surface area contributed by atoms with Gasteiger partial charge in [0.05, 0.1) is 16.8 Å². The molecule has 0 saturated heterocycles. The summed E-state index contributed by atoms with van der Waals surface area (Å²) >= 11 is 6.86. The van der Waals surface area contributed by atoms with Crippen LogP contribution in [0.1, 0.15) is 6.92 Å². The second-order valence-electron chi connectivity index (χ2n) is 6.07. The lowest BCUT2D eigenvalue weighted by molar-refractivity contribution is -0.317. The number of anilines is 1. The zero-order valence-electron chi connectivity index (χ0n) is 15.2. The van der Waals surface area contributed by atoms with E-state index < -0.39 is 18.1 Å². The number of carbonyl (C=O) groups excluding carboxylic acids is 1. The summed E-state index contributed by atoms with van der Waals surface area (Å²) in [6, 6.07) is 7.61. The van der Waals surface area contributed by atoms with E-state index in [-0.39, 0.29) is 21.7 Å². The number of benzene rings is 2. The Morgan fingerprint density at radius 3 is 2.73 bits per heavy atom. The van der Waals surface area contributed by atoms with Gasteiger partial charge in [-0.25, -0.2) is 9.78 Å². The van der Waals surface area contributed by atoms with Crippen LogP contribution in [-0.2, 0) is 0 Å². The minimum Gasteiger partial charge on any atom is -0.494 e. The van der Waals surface area contributed by atoms with Crippen molar-refractivity contribution in [3.63, 3.8) is 0 Å². The van der Waals surface area contributed by atoms with Crippen molar-refractivity contribution in [3.05, 3.63) is 41.4 Å². The molecule has 0 aliphatic carbocycles. The van der Waals surface area contributed by atoms with Crippen molar-refractivity contribution in [2.45, 2.75) is 19.0 Å². The minimum atomic E-state index is -5.09. The van der Waals surface area contributed by atoms with Crippen LogP contribution in [0.2, 0.25) is 5.02 Å². The van der Waals surface area contributed by atoms with Crippen molar-refractivity contribution in [3.8, 4) is 17.2 Å². The van der Waals surface area contributed by atoms with Crippen LogP contribution < -0.4 is 24.8 Å². The maximum absolute atomic E-state index is 13.7. The first-order chi connectivity index (χ1) is 14.2. The molecule has 0 fully saturated rings. The summed E-state index contributed by atoms with van der Waals surface area (Å²) in [6.07, 6.45) is -5.09. The van der Waals surface area contributed by atoms with Gasteiger partial charge in [0.1, 0.15) is 5.75 Å². The molecule has 2 aromatic carbocycles. The van der Waals surface area contributed by atoms with Crippen molar-refractivity contribution in [2.24, 2.45) is 0 Å². The highest BCUT2D eigenvalue weighted by molar-refractivity contribution is 7.22. The van der Waals surface area contributed by atoms with Crippen molar-refractivity contribution in [2.75, 3.05) is 11.9 Å². The molecule has 1 aromatic heterocycles. The normalized spacial score (nSPS) is 17.8. The first-order valence-electron chi connectivity index (χ1n) is 8.56. The molecule has 7 nitrogen and oxygen atoms in total. The Labute approximate surface area is 176 Å². The van der Waals surface area contributed by atoms with E-state index >= 15 is 0 Å². The fourth-order valence-electron chi connectivity index (χ4n) is 2.71. The number of alkyl halides is 3. The van der Waals surface area contributed by atoms with E-state index in [2.05, 4.69) is 10.3 Å². The molecular weight excluding hydrogens is 447 g/mol. The fourth-order valence-corrected chi connectivity index (χ4v) is 3.76. The molecule has 0 saturated carbocycles. The summed E-state index contributed by atoms with van der Waals surface area (Å²) in [5.41, 5.74) is 0.555. The molecular formula is C18H13ClF3N3O4S. The van der Waals surface area contributed by atoms with Gasteiger partial charge >= 0.3 is 18.1 Å². The number of nitrogens with one attached hydrogen (secondary N) is 2. The van der Waals surface area contributed by atoms with E-state index in [4.69, 9.17) is 25.8 Å². The highest BCUT2D eigenvalue weighted by Crippen LogP contribution is 2.46. The standard InChI is InChI=1S/C18H13ClF3N3O4S/c1-2-27-10-4-5-11-14(8-10)30-16(23-11)24-15(26)25-18(17(20,21)22)28-12-6-3-9(19)7-13(12)29-18/h3-8H,2H2,1H3,(H2,23,24,25,26)/t18-/m0/s1. The van der Waals surface area contributed by atoms with Crippen molar-refractivity contribution in [1.82, 2.24) is 10.3 Å². The Morgan fingerprint density at radius 1 is 1.23 bits per heavy atom. The highest BCUT2D eigenvalue weighted by Gasteiger charge is 2.65. The molecule has 0 unspecified atom stereocenters. The number of nitrogens with zero attached hydrogens (tertiary/aromatic N) is 1. The van der Waals surface area contributed by atoms with Crippen molar-refractivity contribution < 1.29 is 32.2 Å². The first kappa shape index (κ1) is 20.4. The number of halogens is 4. The number of hydrogen-bond donors (Lipinski definition) is 2. The van der Waals surface area contributed by atoms with Gasteiger partial charge in [0.2, 0.25) is 0 Å². The smallest absolute Gasteiger partial charge is 0.492 e. The molecule has 0 spiro atoms. The molecule has 0 radical (unpaired) electrons. The molecule has 2 N–H and O–H groups in total. The average molecular weight is 460 g/mol. The summed E-state index contributed by atoms with van der Waals surface area (Å²) in [7, 11) is 0. The van der Waals surface area contributed by atoms with Crippen LogP contribution in [-0.4, -0.2) is 29.7 Å². The zero-order chi connectivity index (χ0) is 21.5. The van der Waals surface area contributed by atoms with Gasteiger partial charge in [-0.05, 0) is 37.3 Å². The van der Waals surface area contributed by atoms with Gasteiger partial charge in [-0.3, -0.25) is 10.6 Å². The molecule has 12 heteroatoms. The maximum atomic E-state index is 13.7. The van der Waals surface area contributed by atoms with E-state index in [1.165, 1.54) is 12.1 Å². The summed E-state index contributed by atoms with van der Waals surface area (Å²) in [4.78, 5) is 16.5. The zero-order valence-corrected chi connectivity index (χ0v) is 16.7. The third-order valence-electron chi connectivity index (χ3n) is 3.96. The van der Waals surface area contributed by atoms with Crippen molar-refractivity contribution >= 4 is 44.3 Å². The van der Waals surface area contributed by atoms with Gasteiger partial charge in [-0.15, -0.1) is 0 Å². The lowest BCUT2D eigenvalue weighted by atomic mass is 10.3. The summed E-state index contributed by atoms with van der Waals surface area (Å²) in [5.74, 6) is -3.24. The molecule has 4 rings (SSSR count). The fraction of sp³-hybridized carbons (Fsp3) is 0.222. The van der Waals surface area contributed by atoms with E-state index in [1.54, 1.807) is 23.5 Å². The lowest BCUT2D eigenvalue weighted by Crippen LogP contribution is -2.65. The summed E-state index contributed by atoms with van der Waals surface area (Å²) in [5, 5.41) is 4.22. The number of urea groups is 1.